The Morgan fingerprint density at radius 3 is 2.37 bits per heavy atom. The van der Waals surface area contributed by atoms with Gasteiger partial charge in [-0.15, -0.1) is 0 Å². The van der Waals surface area contributed by atoms with Gasteiger partial charge in [0.15, 0.2) is 0 Å². The van der Waals surface area contributed by atoms with Gasteiger partial charge in [-0.1, -0.05) is 77.6 Å². The Morgan fingerprint density at radius 1 is 1.13 bits per heavy atom. The molecule has 0 saturated heterocycles. The molecule has 3 nitrogen and oxygen atoms in total. The Balaban J connectivity index is 2.17. The summed E-state index contributed by atoms with van der Waals surface area (Å²) < 4.78 is 6.44. The van der Waals surface area contributed by atoms with Crippen LogP contribution in [0.25, 0.3) is 0 Å². The Labute approximate surface area is 184 Å². The molecule has 1 saturated carbocycles. The van der Waals surface area contributed by atoms with Crippen LogP contribution in [0.2, 0.25) is 0 Å². The van der Waals surface area contributed by atoms with Crippen molar-refractivity contribution in [3.63, 3.8) is 0 Å². The number of aryl methyl sites for hydroxylation is 1. The molecule has 3 heteroatoms. The lowest BCUT2D eigenvalue weighted by atomic mass is 9.83. The van der Waals surface area contributed by atoms with E-state index in [2.05, 4.69) is 27.7 Å². The van der Waals surface area contributed by atoms with Crippen LogP contribution < -0.4 is 0 Å². The second-order valence-electron chi connectivity index (χ2n) is 9.22. The fraction of sp³-hybridized carbons (Fsp3) is 0.667. The molecule has 0 radical (unpaired) electrons. The van der Waals surface area contributed by atoms with Crippen molar-refractivity contribution in [3.8, 4) is 0 Å². The van der Waals surface area contributed by atoms with Gasteiger partial charge in [0.05, 0.1) is 18.4 Å². The van der Waals surface area contributed by atoms with Crippen molar-refractivity contribution in [1.82, 2.24) is 0 Å². The highest BCUT2D eigenvalue weighted by Crippen LogP contribution is 2.37. The number of nitrogens with one attached hydrogen (secondary N) is 1. The first-order valence-electron chi connectivity index (χ1n) is 12.1. The zero-order valence-corrected chi connectivity index (χ0v) is 19.8. The summed E-state index contributed by atoms with van der Waals surface area (Å²) in [6.45, 7) is 11.5. The zero-order valence-electron chi connectivity index (χ0n) is 19.8. The summed E-state index contributed by atoms with van der Waals surface area (Å²) in [5, 5.41) is 19.7. The van der Waals surface area contributed by atoms with Crippen LogP contribution in [0.3, 0.4) is 0 Å². The van der Waals surface area contributed by atoms with Gasteiger partial charge in [-0.25, -0.2) is 0 Å². The van der Waals surface area contributed by atoms with Crippen molar-refractivity contribution < 1.29 is 9.84 Å². The number of benzene rings is 1. The molecule has 0 aromatic heterocycles. The number of aliphatic hydroxyl groups is 1. The maximum Gasteiger partial charge on any atom is 0.103 e. The SMILES string of the molecule is CCCC(CC(CCC)C(C)CC)OC/C(C(=N)c1ccccc1C)=C(/O)C1CC1. The number of ether oxygens (including phenoxy) is 1. The Kier molecular flexibility index (Phi) is 10.1. The summed E-state index contributed by atoms with van der Waals surface area (Å²) in [6.07, 6.45) is 9.07. The topological polar surface area (TPSA) is 53.3 Å². The van der Waals surface area contributed by atoms with Crippen LogP contribution in [0.1, 0.15) is 90.2 Å². The number of rotatable bonds is 14. The van der Waals surface area contributed by atoms with Gasteiger partial charge < -0.3 is 9.84 Å². The second kappa shape index (κ2) is 12.3. The Morgan fingerprint density at radius 2 is 1.80 bits per heavy atom. The standard InChI is InChI=1S/C27H43NO2/c1-6-11-22(19(4)8-3)17-23(12-7-2)30-18-25(27(29)21-15-16-21)26(28)24-14-10-9-13-20(24)5/h9-10,13-14,19,21-23,28-29H,6-8,11-12,15-18H2,1-5H3/b27-25-,28-26?. The van der Waals surface area contributed by atoms with Gasteiger partial charge in [0, 0.05) is 17.1 Å². The molecule has 0 spiro atoms. The van der Waals surface area contributed by atoms with E-state index in [0.717, 1.165) is 43.2 Å². The highest BCUT2D eigenvalue weighted by Gasteiger charge is 2.31. The summed E-state index contributed by atoms with van der Waals surface area (Å²) in [5.74, 6) is 1.97. The first-order valence-corrected chi connectivity index (χ1v) is 12.1. The number of hydrogen-bond acceptors (Lipinski definition) is 3. The molecule has 1 aliphatic carbocycles. The highest BCUT2D eigenvalue weighted by molar-refractivity contribution is 6.11. The normalized spacial score (nSPS) is 17.9. The predicted molar refractivity (Wildman–Crippen MR) is 128 cm³/mol. The van der Waals surface area contributed by atoms with Crippen LogP contribution >= 0.6 is 0 Å². The minimum Gasteiger partial charge on any atom is -0.512 e. The maximum absolute atomic E-state index is 10.9. The average molecular weight is 414 g/mol. The Hall–Kier alpha value is -1.61. The van der Waals surface area contributed by atoms with Crippen molar-refractivity contribution in [1.29, 1.82) is 5.41 Å². The van der Waals surface area contributed by atoms with Crippen LogP contribution in [-0.4, -0.2) is 23.5 Å². The third-order valence-corrected chi connectivity index (χ3v) is 6.74. The molecule has 0 aliphatic heterocycles. The lowest BCUT2D eigenvalue weighted by Crippen LogP contribution is -2.24. The van der Waals surface area contributed by atoms with Crippen LogP contribution in [0.4, 0.5) is 0 Å². The fourth-order valence-electron chi connectivity index (χ4n) is 4.36. The van der Waals surface area contributed by atoms with Gasteiger partial charge in [0.25, 0.3) is 0 Å². The maximum atomic E-state index is 10.9. The largest absolute Gasteiger partial charge is 0.512 e. The van der Waals surface area contributed by atoms with E-state index in [1.807, 2.05) is 31.2 Å². The highest BCUT2D eigenvalue weighted by atomic mass is 16.5. The summed E-state index contributed by atoms with van der Waals surface area (Å²) in [7, 11) is 0. The molecule has 0 bridgehead atoms. The average Bonchev–Trinajstić information content (AvgIpc) is 3.58. The lowest BCUT2D eigenvalue weighted by molar-refractivity contribution is 0.0359. The monoisotopic (exact) mass is 413 g/mol. The molecule has 2 rings (SSSR count). The van der Waals surface area contributed by atoms with Crippen LogP contribution in [0.15, 0.2) is 35.6 Å². The van der Waals surface area contributed by atoms with E-state index in [9.17, 15) is 5.11 Å². The van der Waals surface area contributed by atoms with Crippen LogP contribution in [-0.2, 0) is 4.74 Å². The fourth-order valence-corrected chi connectivity index (χ4v) is 4.36. The molecule has 30 heavy (non-hydrogen) atoms. The van der Waals surface area contributed by atoms with Crippen LogP contribution in [0, 0.1) is 30.1 Å². The molecular weight excluding hydrogens is 370 g/mol. The molecule has 1 fully saturated rings. The van der Waals surface area contributed by atoms with E-state index in [1.165, 1.54) is 19.3 Å². The third-order valence-electron chi connectivity index (χ3n) is 6.74. The van der Waals surface area contributed by atoms with Gasteiger partial charge in [-0.3, -0.25) is 5.41 Å². The second-order valence-corrected chi connectivity index (χ2v) is 9.22. The van der Waals surface area contributed by atoms with Gasteiger partial charge in [-0.05, 0) is 50.0 Å². The van der Waals surface area contributed by atoms with Crippen LogP contribution in [0.5, 0.6) is 0 Å². The van der Waals surface area contributed by atoms with Crippen molar-refractivity contribution in [3.05, 3.63) is 46.7 Å². The van der Waals surface area contributed by atoms with Gasteiger partial charge in [0.1, 0.15) is 5.76 Å². The minimum absolute atomic E-state index is 0.187. The molecular formula is C27H43NO2. The van der Waals surface area contributed by atoms with E-state index in [1.54, 1.807) is 0 Å². The van der Waals surface area contributed by atoms with E-state index in [0.29, 0.717) is 35.5 Å². The van der Waals surface area contributed by atoms with Crippen molar-refractivity contribution in [2.75, 3.05) is 6.61 Å². The molecule has 3 atom stereocenters. The number of aliphatic hydroxyl groups excluding tert-OH is 1. The lowest BCUT2D eigenvalue weighted by Gasteiger charge is -2.28. The number of allylic oxidation sites excluding steroid dienone is 1. The smallest absolute Gasteiger partial charge is 0.103 e. The van der Waals surface area contributed by atoms with Gasteiger partial charge in [-0.2, -0.15) is 0 Å². The molecule has 0 amide bonds. The third kappa shape index (κ3) is 6.97. The summed E-state index contributed by atoms with van der Waals surface area (Å²) in [4.78, 5) is 0. The molecule has 0 heterocycles. The molecule has 168 valence electrons. The van der Waals surface area contributed by atoms with E-state index >= 15 is 0 Å². The number of hydrogen-bond donors (Lipinski definition) is 2. The quantitative estimate of drug-likeness (QED) is 0.243. The first kappa shape index (κ1) is 24.7. The van der Waals surface area contributed by atoms with Gasteiger partial charge >= 0.3 is 0 Å². The Bertz CT molecular complexity index is 705. The van der Waals surface area contributed by atoms with Crippen molar-refractivity contribution >= 4 is 5.71 Å². The molecule has 1 aliphatic rings. The zero-order chi connectivity index (χ0) is 22.1. The molecule has 1 aromatic rings. The van der Waals surface area contributed by atoms with E-state index in [4.69, 9.17) is 10.1 Å². The molecule has 3 unspecified atom stereocenters. The van der Waals surface area contributed by atoms with E-state index < -0.39 is 0 Å². The van der Waals surface area contributed by atoms with E-state index in [-0.39, 0.29) is 12.0 Å². The van der Waals surface area contributed by atoms with Crippen molar-refractivity contribution in [2.45, 2.75) is 92.1 Å². The van der Waals surface area contributed by atoms with Gasteiger partial charge in [0.2, 0.25) is 0 Å². The molecule has 2 N–H and O–H groups in total. The predicted octanol–water partition coefficient (Wildman–Crippen LogP) is 7.62. The van der Waals surface area contributed by atoms with Crippen molar-refractivity contribution in [2.24, 2.45) is 17.8 Å². The molecule has 1 aromatic carbocycles. The summed E-state index contributed by atoms with van der Waals surface area (Å²) in [5.41, 5.74) is 3.05. The summed E-state index contributed by atoms with van der Waals surface area (Å²) >= 11 is 0. The summed E-state index contributed by atoms with van der Waals surface area (Å²) in [6, 6.07) is 7.96. The minimum atomic E-state index is 0.187. The first-order chi connectivity index (χ1) is 14.4.